The van der Waals surface area contributed by atoms with Crippen molar-refractivity contribution in [1.29, 1.82) is 0 Å². The molecule has 4 heteroatoms. The number of thiophene rings is 1. The third-order valence-corrected chi connectivity index (χ3v) is 3.55. The molecule has 0 aliphatic rings. The van der Waals surface area contributed by atoms with Crippen molar-refractivity contribution in [2.75, 3.05) is 18.9 Å². The van der Waals surface area contributed by atoms with Gasteiger partial charge < -0.3 is 16.2 Å². The summed E-state index contributed by atoms with van der Waals surface area (Å²) in [6.45, 7) is 4.22. The third-order valence-electron chi connectivity index (χ3n) is 2.61. The molecule has 0 fully saturated rings. The van der Waals surface area contributed by atoms with Crippen LogP contribution >= 0.6 is 11.3 Å². The molecule has 4 N–H and O–H groups in total. The van der Waals surface area contributed by atoms with E-state index in [4.69, 9.17) is 10.8 Å². The van der Waals surface area contributed by atoms with E-state index in [-0.39, 0.29) is 6.61 Å². The second-order valence-corrected chi connectivity index (χ2v) is 4.72. The zero-order valence-electron chi connectivity index (χ0n) is 9.20. The summed E-state index contributed by atoms with van der Waals surface area (Å²) in [4.78, 5) is 1.20. The van der Waals surface area contributed by atoms with Gasteiger partial charge in [0.2, 0.25) is 0 Å². The molecule has 3 nitrogen and oxygen atoms in total. The molecule has 0 aliphatic heterocycles. The van der Waals surface area contributed by atoms with Crippen molar-refractivity contribution in [3.05, 3.63) is 16.3 Å². The van der Waals surface area contributed by atoms with Crippen LogP contribution in [0, 0.1) is 5.92 Å². The molecule has 0 radical (unpaired) electrons. The van der Waals surface area contributed by atoms with Gasteiger partial charge in [-0.15, -0.1) is 11.3 Å². The molecule has 1 unspecified atom stereocenters. The Morgan fingerprint density at radius 3 is 2.93 bits per heavy atom. The van der Waals surface area contributed by atoms with Crippen molar-refractivity contribution in [2.24, 2.45) is 5.92 Å². The monoisotopic (exact) mass is 228 g/mol. The predicted molar refractivity (Wildman–Crippen MR) is 65.9 cm³/mol. The first-order valence-electron chi connectivity index (χ1n) is 5.41. The molecule has 86 valence electrons. The minimum Gasteiger partial charge on any atom is -0.398 e. The van der Waals surface area contributed by atoms with E-state index in [1.807, 2.05) is 11.4 Å². The number of nitrogen functional groups attached to an aromatic ring is 1. The zero-order valence-corrected chi connectivity index (χ0v) is 10.0. The van der Waals surface area contributed by atoms with Crippen LogP contribution in [0.15, 0.2) is 11.4 Å². The average Bonchev–Trinajstić information content (AvgIpc) is 2.63. The number of hydrogen-bond acceptors (Lipinski definition) is 4. The summed E-state index contributed by atoms with van der Waals surface area (Å²) in [6, 6.07) is 1.94. The Kier molecular flexibility index (Phi) is 5.68. The van der Waals surface area contributed by atoms with Gasteiger partial charge in [0.25, 0.3) is 0 Å². The first-order chi connectivity index (χ1) is 7.27. The number of rotatable bonds is 7. The number of anilines is 1. The van der Waals surface area contributed by atoms with Gasteiger partial charge in [-0.1, -0.05) is 13.3 Å². The van der Waals surface area contributed by atoms with E-state index in [0.717, 1.165) is 31.6 Å². The highest BCUT2D eigenvalue weighted by Crippen LogP contribution is 2.18. The zero-order chi connectivity index (χ0) is 11.1. The predicted octanol–water partition coefficient (Wildman–Crippen LogP) is 1.83. The summed E-state index contributed by atoms with van der Waals surface area (Å²) in [7, 11) is 0. The number of aliphatic hydroxyl groups is 1. The Labute approximate surface area is 95.3 Å². The van der Waals surface area contributed by atoms with Crippen LogP contribution in [-0.4, -0.2) is 18.3 Å². The molecule has 1 aromatic heterocycles. The molecule has 1 heterocycles. The van der Waals surface area contributed by atoms with Crippen LogP contribution in [0.1, 0.15) is 24.6 Å². The summed E-state index contributed by atoms with van der Waals surface area (Å²) in [5, 5.41) is 14.2. The highest BCUT2D eigenvalue weighted by Gasteiger charge is 2.05. The lowest BCUT2D eigenvalue weighted by atomic mass is 10.0. The Hall–Kier alpha value is -0.580. The van der Waals surface area contributed by atoms with Gasteiger partial charge in [0.1, 0.15) is 0 Å². The molecule has 0 saturated heterocycles. The van der Waals surface area contributed by atoms with Gasteiger partial charge in [-0.05, 0) is 30.3 Å². The molecule has 1 rings (SSSR count). The highest BCUT2D eigenvalue weighted by molar-refractivity contribution is 7.10. The number of nitrogens with two attached hydrogens (primary N) is 1. The lowest BCUT2D eigenvalue weighted by molar-refractivity contribution is 0.251. The standard InChI is InChI=1S/C11H20N2OS/c1-2-9(3-5-14)7-13-8-11-10(12)4-6-15-11/h4,6,9,13-14H,2-3,5,7-8,12H2,1H3. The van der Waals surface area contributed by atoms with Crippen LogP contribution in [0.2, 0.25) is 0 Å². The first kappa shape index (κ1) is 12.5. The fraction of sp³-hybridized carbons (Fsp3) is 0.636. The number of hydrogen-bond donors (Lipinski definition) is 3. The molecule has 15 heavy (non-hydrogen) atoms. The van der Waals surface area contributed by atoms with Crippen LogP contribution < -0.4 is 11.1 Å². The summed E-state index contributed by atoms with van der Waals surface area (Å²) in [5.74, 6) is 0.566. The maximum absolute atomic E-state index is 8.85. The van der Waals surface area contributed by atoms with Gasteiger partial charge in [-0.2, -0.15) is 0 Å². The molecule has 0 aromatic carbocycles. The van der Waals surface area contributed by atoms with Gasteiger partial charge in [-0.3, -0.25) is 0 Å². The number of nitrogens with one attached hydrogen (secondary N) is 1. The van der Waals surface area contributed by atoms with Gasteiger partial charge in [0.05, 0.1) is 0 Å². The summed E-state index contributed by atoms with van der Waals surface area (Å²) < 4.78 is 0. The highest BCUT2D eigenvalue weighted by atomic mass is 32.1. The normalized spacial score (nSPS) is 12.9. The molecule has 0 saturated carbocycles. The minimum atomic E-state index is 0.279. The maximum Gasteiger partial charge on any atom is 0.0468 e. The largest absolute Gasteiger partial charge is 0.398 e. The van der Waals surface area contributed by atoms with Gasteiger partial charge in [-0.25, -0.2) is 0 Å². The fourth-order valence-corrected chi connectivity index (χ4v) is 2.29. The molecule has 1 aromatic rings. The van der Waals surface area contributed by atoms with Crippen molar-refractivity contribution >= 4 is 17.0 Å². The van der Waals surface area contributed by atoms with Crippen molar-refractivity contribution in [3.63, 3.8) is 0 Å². The van der Waals surface area contributed by atoms with Gasteiger partial charge in [0.15, 0.2) is 0 Å². The second kappa shape index (κ2) is 6.82. The summed E-state index contributed by atoms with van der Waals surface area (Å²) >= 11 is 1.69. The molecule has 0 spiro atoms. The van der Waals surface area contributed by atoms with Crippen molar-refractivity contribution in [2.45, 2.75) is 26.3 Å². The molecule has 1 atom stereocenters. The third kappa shape index (κ3) is 4.20. The van der Waals surface area contributed by atoms with Crippen molar-refractivity contribution in [3.8, 4) is 0 Å². The molecule has 0 amide bonds. The Bertz CT molecular complexity index is 275. The van der Waals surface area contributed by atoms with Gasteiger partial charge in [0, 0.05) is 23.7 Å². The van der Waals surface area contributed by atoms with Crippen LogP contribution in [0.3, 0.4) is 0 Å². The minimum absolute atomic E-state index is 0.279. The first-order valence-corrected chi connectivity index (χ1v) is 6.29. The van der Waals surface area contributed by atoms with E-state index in [9.17, 15) is 0 Å². The van der Waals surface area contributed by atoms with Crippen LogP contribution in [0.4, 0.5) is 5.69 Å². The van der Waals surface area contributed by atoms with Crippen molar-refractivity contribution < 1.29 is 5.11 Å². The van der Waals surface area contributed by atoms with Crippen molar-refractivity contribution in [1.82, 2.24) is 5.32 Å². The van der Waals surface area contributed by atoms with E-state index < -0.39 is 0 Å². The topological polar surface area (TPSA) is 58.3 Å². The molecular formula is C11H20N2OS. The fourth-order valence-electron chi connectivity index (χ4n) is 1.52. The van der Waals surface area contributed by atoms with Crippen LogP contribution in [0.25, 0.3) is 0 Å². The Balaban J connectivity index is 2.23. The summed E-state index contributed by atoms with van der Waals surface area (Å²) in [6.07, 6.45) is 1.98. The van der Waals surface area contributed by atoms with E-state index in [2.05, 4.69) is 12.2 Å². The number of aliphatic hydroxyl groups excluding tert-OH is 1. The van der Waals surface area contributed by atoms with E-state index in [1.54, 1.807) is 11.3 Å². The Morgan fingerprint density at radius 2 is 2.40 bits per heavy atom. The molecular weight excluding hydrogens is 208 g/mol. The van der Waals surface area contributed by atoms with E-state index in [0.29, 0.717) is 5.92 Å². The molecule has 0 bridgehead atoms. The van der Waals surface area contributed by atoms with E-state index >= 15 is 0 Å². The van der Waals surface area contributed by atoms with Crippen LogP contribution in [-0.2, 0) is 6.54 Å². The van der Waals surface area contributed by atoms with Gasteiger partial charge >= 0.3 is 0 Å². The van der Waals surface area contributed by atoms with Crippen LogP contribution in [0.5, 0.6) is 0 Å². The quantitative estimate of drug-likeness (QED) is 0.667. The SMILES string of the molecule is CCC(CCO)CNCc1sccc1N. The second-order valence-electron chi connectivity index (χ2n) is 3.72. The molecule has 0 aliphatic carbocycles. The average molecular weight is 228 g/mol. The lowest BCUT2D eigenvalue weighted by Gasteiger charge is -2.13. The summed E-state index contributed by atoms with van der Waals surface area (Å²) in [5.41, 5.74) is 6.66. The smallest absolute Gasteiger partial charge is 0.0468 e. The maximum atomic E-state index is 8.85. The lowest BCUT2D eigenvalue weighted by Crippen LogP contribution is -2.22. The Morgan fingerprint density at radius 1 is 1.60 bits per heavy atom. The van der Waals surface area contributed by atoms with E-state index in [1.165, 1.54) is 4.88 Å².